The van der Waals surface area contributed by atoms with Crippen molar-refractivity contribution in [3.05, 3.63) is 77.1 Å². The van der Waals surface area contributed by atoms with Crippen molar-refractivity contribution in [3.63, 3.8) is 0 Å². The van der Waals surface area contributed by atoms with Gasteiger partial charge in [0.2, 0.25) is 11.8 Å². The number of halogens is 1. The van der Waals surface area contributed by atoms with Crippen molar-refractivity contribution >= 4 is 11.8 Å². The second-order valence-electron chi connectivity index (χ2n) is 8.90. The predicted octanol–water partition coefficient (Wildman–Crippen LogP) is 2.32. The fraction of sp³-hybridized carbons (Fsp3) is 0.407. The van der Waals surface area contributed by atoms with E-state index in [1.54, 1.807) is 29.2 Å². The Labute approximate surface area is 204 Å². The highest BCUT2D eigenvalue weighted by atomic mass is 19.1. The Balaban J connectivity index is 1.69. The summed E-state index contributed by atoms with van der Waals surface area (Å²) in [6.45, 7) is 2.02. The zero-order valence-corrected chi connectivity index (χ0v) is 19.7. The van der Waals surface area contributed by atoms with Crippen LogP contribution in [-0.2, 0) is 16.0 Å². The zero-order chi connectivity index (χ0) is 24.9. The summed E-state index contributed by atoms with van der Waals surface area (Å²) >= 11 is 0. The van der Waals surface area contributed by atoms with E-state index in [-0.39, 0.29) is 43.7 Å². The van der Waals surface area contributed by atoms with Crippen LogP contribution in [-0.4, -0.2) is 64.9 Å². The average molecular weight is 483 g/mol. The summed E-state index contributed by atoms with van der Waals surface area (Å²) in [5.74, 6) is -0.793. The quantitative estimate of drug-likeness (QED) is 0.510. The van der Waals surface area contributed by atoms with E-state index < -0.39 is 24.2 Å². The fourth-order valence-electron chi connectivity index (χ4n) is 4.93. The molecule has 2 aliphatic rings. The molecule has 4 rings (SSSR count). The number of amides is 2. The van der Waals surface area contributed by atoms with Crippen molar-refractivity contribution in [3.8, 4) is 5.75 Å². The normalized spacial score (nSPS) is 22.5. The summed E-state index contributed by atoms with van der Waals surface area (Å²) in [6, 6.07) is 12.7. The lowest BCUT2D eigenvalue weighted by atomic mass is 9.77. The zero-order valence-electron chi connectivity index (χ0n) is 19.7. The molecule has 1 heterocycles. The first-order valence-electron chi connectivity index (χ1n) is 12.0. The van der Waals surface area contributed by atoms with Gasteiger partial charge in [-0.25, -0.2) is 4.39 Å². The number of nitrogens with one attached hydrogen (secondary N) is 1. The molecule has 2 amide bonds. The molecule has 1 aliphatic heterocycles. The highest BCUT2D eigenvalue weighted by Crippen LogP contribution is 2.47. The molecule has 0 saturated heterocycles. The molecule has 0 saturated carbocycles. The first kappa shape index (κ1) is 24.9. The number of hydrogen-bond donors (Lipinski definition) is 3. The number of benzene rings is 2. The van der Waals surface area contributed by atoms with Crippen LogP contribution in [0.25, 0.3) is 0 Å². The van der Waals surface area contributed by atoms with Gasteiger partial charge in [0, 0.05) is 30.6 Å². The second-order valence-corrected chi connectivity index (χ2v) is 8.90. The molecule has 0 unspecified atom stereocenters. The number of aliphatic hydroxyl groups is 2. The van der Waals surface area contributed by atoms with Crippen LogP contribution >= 0.6 is 0 Å². The predicted molar refractivity (Wildman–Crippen MR) is 128 cm³/mol. The van der Waals surface area contributed by atoms with E-state index in [9.17, 15) is 24.2 Å². The maximum Gasteiger partial charge on any atom is 0.247 e. The van der Waals surface area contributed by atoms with Crippen LogP contribution in [0, 0.1) is 5.82 Å². The molecule has 2 aromatic carbocycles. The van der Waals surface area contributed by atoms with Gasteiger partial charge in [-0.1, -0.05) is 37.3 Å². The summed E-state index contributed by atoms with van der Waals surface area (Å²) in [5, 5.41) is 23.3. The molecule has 0 aromatic heterocycles. The number of ether oxygens (including phenoxy) is 1. The Morgan fingerprint density at radius 1 is 1.17 bits per heavy atom. The molecular weight excluding hydrogens is 451 g/mol. The van der Waals surface area contributed by atoms with Gasteiger partial charge in [0.1, 0.15) is 23.8 Å². The van der Waals surface area contributed by atoms with Gasteiger partial charge in [0.25, 0.3) is 0 Å². The third-order valence-corrected chi connectivity index (χ3v) is 6.55. The van der Waals surface area contributed by atoms with E-state index in [1.165, 1.54) is 12.1 Å². The molecule has 0 bridgehead atoms. The van der Waals surface area contributed by atoms with Crippen molar-refractivity contribution < 1.29 is 28.9 Å². The summed E-state index contributed by atoms with van der Waals surface area (Å²) in [6.07, 6.45) is 1.13. The van der Waals surface area contributed by atoms with E-state index in [0.29, 0.717) is 24.2 Å². The summed E-state index contributed by atoms with van der Waals surface area (Å²) in [7, 11) is 0. The Bertz CT molecular complexity index is 1100. The average Bonchev–Trinajstić information content (AvgIpc) is 3.24. The third-order valence-electron chi connectivity index (χ3n) is 6.55. The van der Waals surface area contributed by atoms with Gasteiger partial charge in [0.15, 0.2) is 0 Å². The van der Waals surface area contributed by atoms with E-state index in [2.05, 4.69) is 5.32 Å². The van der Waals surface area contributed by atoms with Crippen LogP contribution in [0.4, 0.5) is 4.39 Å². The smallest absolute Gasteiger partial charge is 0.247 e. The van der Waals surface area contributed by atoms with Crippen molar-refractivity contribution in [2.24, 2.45) is 0 Å². The van der Waals surface area contributed by atoms with Gasteiger partial charge in [0.05, 0.1) is 18.6 Å². The first-order valence-corrected chi connectivity index (χ1v) is 12.0. The highest BCUT2D eigenvalue weighted by molar-refractivity contribution is 5.96. The summed E-state index contributed by atoms with van der Waals surface area (Å²) < 4.78 is 19.8. The lowest BCUT2D eigenvalue weighted by Gasteiger charge is -2.41. The number of carbonyl (C=O) groups is 2. The van der Waals surface area contributed by atoms with E-state index in [0.717, 1.165) is 11.1 Å². The number of para-hydroxylation sites is 1. The fourth-order valence-corrected chi connectivity index (χ4v) is 4.93. The van der Waals surface area contributed by atoms with Gasteiger partial charge in [-0.3, -0.25) is 9.59 Å². The minimum atomic E-state index is -1.07. The van der Waals surface area contributed by atoms with Gasteiger partial charge in [-0.05, 0) is 42.7 Å². The minimum absolute atomic E-state index is 0.0847. The summed E-state index contributed by atoms with van der Waals surface area (Å²) in [4.78, 5) is 27.9. The Morgan fingerprint density at radius 3 is 2.71 bits per heavy atom. The maximum absolute atomic E-state index is 13.7. The van der Waals surface area contributed by atoms with E-state index in [4.69, 9.17) is 4.74 Å². The number of fused-ring (bicyclic) bond motifs is 3. The molecule has 0 spiro atoms. The van der Waals surface area contributed by atoms with Crippen LogP contribution in [0.2, 0.25) is 0 Å². The van der Waals surface area contributed by atoms with Crippen LogP contribution in [0.5, 0.6) is 5.75 Å². The van der Waals surface area contributed by atoms with Gasteiger partial charge in [-0.2, -0.15) is 0 Å². The number of carbonyl (C=O) groups excluding carboxylic acids is 2. The molecule has 0 fully saturated rings. The van der Waals surface area contributed by atoms with Crippen molar-refractivity contribution in [2.45, 2.75) is 50.4 Å². The topological polar surface area (TPSA) is 99.1 Å². The maximum atomic E-state index is 13.7. The minimum Gasteiger partial charge on any atom is -0.486 e. The Kier molecular flexibility index (Phi) is 7.83. The lowest BCUT2D eigenvalue weighted by Crippen LogP contribution is -2.56. The SMILES string of the molecule is CCCC(=O)N(CCc1cccc(F)c1)[C@@H]1C=C(C(=O)NCCO)[C@@H]2c3ccccc3O[C@@H]2[C@H]1O. The van der Waals surface area contributed by atoms with Crippen molar-refractivity contribution in [1.82, 2.24) is 10.2 Å². The number of nitrogens with zero attached hydrogens (tertiary/aromatic N) is 1. The van der Waals surface area contributed by atoms with Crippen molar-refractivity contribution in [2.75, 3.05) is 19.7 Å². The third kappa shape index (κ3) is 5.23. The summed E-state index contributed by atoms with van der Waals surface area (Å²) in [5.41, 5.74) is 1.92. The first-order chi connectivity index (χ1) is 16.9. The lowest BCUT2D eigenvalue weighted by molar-refractivity contribution is -0.137. The van der Waals surface area contributed by atoms with Crippen LogP contribution in [0.15, 0.2) is 60.2 Å². The number of hydrogen-bond acceptors (Lipinski definition) is 5. The molecular formula is C27H31FN2O5. The highest BCUT2D eigenvalue weighted by Gasteiger charge is 2.50. The standard InChI is InChI=1S/C27H31FN2O5/c1-2-6-23(32)30(13-11-17-7-5-8-18(28)15-17)21-16-20(27(34)29-12-14-31)24-19-9-3-4-10-22(19)35-26(24)25(21)33/h3-5,7-10,15-16,21,24-26,31,33H,2,6,11-14H2,1H3,(H,29,34)/t21-,24+,25+,26+/m1/s1. The monoisotopic (exact) mass is 482 g/mol. The second kappa shape index (κ2) is 11.0. The molecule has 8 heteroatoms. The Morgan fingerprint density at radius 2 is 1.97 bits per heavy atom. The molecule has 35 heavy (non-hydrogen) atoms. The molecule has 1 aliphatic carbocycles. The van der Waals surface area contributed by atoms with E-state index >= 15 is 0 Å². The number of rotatable bonds is 9. The van der Waals surface area contributed by atoms with Gasteiger partial charge < -0.3 is 25.2 Å². The van der Waals surface area contributed by atoms with Gasteiger partial charge >= 0.3 is 0 Å². The molecule has 0 radical (unpaired) electrons. The molecule has 3 N–H and O–H groups in total. The Hall–Kier alpha value is -3.23. The molecule has 186 valence electrons. The molecule has 2 aromatic rings. The van der Waals surface area contributed by atoms with E-state index in [1.807, 2.05) is 25.1 Å². The van der Waals surface area contributed by atoms with Crippen LogP contribution in [0.1, 0.15) is 36.8 Å². The largest absolute Gasteiger partial charge is 0.486 e. The van der Waals surface area contributed by atoms with Crippen LogP contribution < -0.4 is 10.1 Å². The molecule has 4 atom stereocenters. The van der Waals surface area contributed by atoms with Crippen molar-refractivity contribution in [1.29, 1.82) is 0 Å². The van der Waals surface area contributed by atoms with Gasteiger partial charge in [-0.15, -0.1) is 0 Å². The number of aliphatic hydroxyl groups excluding tert-OH is 2. The molecule has 7 nitrogen and oxygen atoms in total. The van der Waals surface area contributed by atoms with Crippen LogP contribution in [0.3, 0.4) is 0 Å².